The summed E-state index contributed by atoms with van der Waals surface area (Å²) in [6, 6.07) is 14.9. The van der Waals surface area contributed by atoms with E-state index in [1.165, 1.54) is 7.11 Å². The molecule has 2 aromatic rings. The lowest BCUT2D eigenvalue weighted by molar-refractivity contribution is -0.127. The standard InChI is InChI=1S/C19H22N2O4/c1-14-6-5-7-15(10-14)11-20-18(22)12-21-19(23)13-25-17-9-4-3-8-16(17)24-2/h3-10H,11-13H2,1-2H3,(H,20,22)(H,21,23). The predicted octanol–water partition coefficient (Wildman–Crippen LogP) is 1.82. The molecule has 132 valence electrons. The van der Waals surface area contributed by atoms with Crippen LogP contribution in [0.1, 0.15) is 11.1 Å². The second-order valence-corrected chi connectivity index (χ2v) is 5.48. The molecule has 6 nitrogen and oxygen atoms in total. The number of nitrogens with one attached hydrogen (secondary N) is 2. The van der Waals surface area contributed by atoms with E-state index in [0.29, 0.717) is 18.0 Å². The number of ether oxygens (including phenoxy) is 2. The van der Waals surface area contributed by atoms with Gasteiger partial charge in [0.05, 0.1) is 13.7 Å². The molecule has 25 heavy (non-hydrogen) atoms. The molecule has 0 aliphatic rings. The first-order chi connectivity index (χ1) is 12.1. The van der Waals surface area contributed by atoms with Crippen molar-refractivity contribution in [2.45, 2.75) is 13.5 Å². The van der Waals surface area contributed by atoms with Crippen LogP contribution >= 0.6 is 0 Å². The van der Waals surface area contributed by atoms with Gasteiger partial charge in [0.1, 0.15) is 0 Å². The minimum Gasteiger partial charge on any atom is -0.493 e. The zero-order chi connectivity index (χ0) is 18.1. The zero-order valence-electron chi connectivity index (χ0n) is 14.4. The van der Waals surface area contributed by atoms with Gasteiger partial charge >= 0.3 is 0 Å². The third kappa shape index (κ3) is 6.18. The van der Waals surface area contributed by atoms with Crippen molar-refractivity contribution in [1.29, 1.82) is 0 Å². The average Bonchev–Trinajstić information content (AvgIpc) is 2.63. The first-order valence-electron chi connectivity index (χ1n) is 7.93. The Morgan fingerprint density at radius 1 is 0.960 bits per heavy atom. The number of carbonyl (C=O) groups excluding carboxylic acids is 2. The molecule has 0 heterocycles. The minimum atomic E-state index is -0.378. The van der Waals surface area contributed by atoms with E-state index in [0.717, 1.165) is 11.1 Å². The van der Waals surface area contributed by atoms with Crippen LogP contribution in [0, 0.1) is 6.92 Å². The van der Waals surface area contributed by atoms with Crippen LogP contribution in [0.25, 0.3) is 0 Å². The molecule has 0 atom stereocenters. The third-order valence-electron chi connectivity index (χ3n) is 3.45. The molecule has 2 N–H and O–H groups in total. The molecule has 2 aromatic carbocycles. The van der Waals surface area contributed by atoms with E-state index in [1.807, 2.05) is 37.3 Å². The summed E-state index contributed by atoms with van der Waals surface area (Å²) in [5.41, 5.74) is 2.15. The summed E-state index contributed by atoms with van der Waals surface area (Å²) in [4.78, 5) is 23.6. The lowest BCUT2D eigenvalue weighted by Gasteiger charge is -2.10. The summed E-state index contributed by atoms with van der Waals surface area (Å²) < 4.78 is 10.5. The summed E-state index contributed by atoms with van der Waals surface area (Å²) in [6.07, 6.45) is 0. The van der Waals surface area contributed by atoms with Crippen molar-refractivity contribution >= 4 is 11.8 Å². The summed E-state index contributed by atoms with van der Waals surface area (Å²) in [6.45, 7) is 2.13. The molecule has 0 spiro atoms. The molecule has 0 bridgehead atoms. The highest BCUT2D eigenvalue weighted by atomic mass is 16.5. The van der Waals surface area contributed by atoms with Gasteiger partial charge in [-0.05, 0) is 24.6 Å². The highest BCUT2D eigenvalue weighted by Gasteiger charge is 2.08. The monoisotopic (exact) mass is 342 g/mol. The number of para-hydroxylation sites is 2. The Morgan fingerprint density at radius 2 is 1.72 bits per heavy atom. The van der Waals surface area contributed by atoms with Crippen molar-refractivity contribution in [3.63, 3.8) is 0 Å². The molecule has 0 unspecified atom stereocenters. The van der Waals surface area contributed by atoms with Crippen LogP contribution in [-0.4, -0.2) is 32.1 Å². The van der Waals surface area contributed by atoms with Crippen molar-refractivity contribution in [3.8, 4) is 11.5 Å². The van der Waals surface area contributed by atoms with Gasteiger partial charge in [-0.25, -0.2) is 0 Å². The smallest absolute Gasteiger partial charge is 0.258 e. The van der Waals surface area contributed by atoms with Gasteiger partial charge in [-0.3, -0.25) is 9.59 Å². The molecule has 0 saturated carbocycles. The van der Waals surface area contributed by atoms with Gasteiger partial charge in [0.25, 0.3) is 5.91 Å². The molecular formula is C19H22N2O4. The molecule has 6 heteroatoms. The number of aryl methyl sites for hydroxylation is 1. The van der Waals surface area contributed by atoms with Crippen molar-refractivity contribution < 1.29 is 19.1 Å². The van der Waals surface area contributed by atoms with Crippen LogP contribution in [0.3, 0.4) is 0 Å². The maximum absolute atomic E-state index is 11.8. The molecule has 0 fully saturated rings. The molecule has 0 aliphatic carbocycles. The molecular weight excluding hydrogens is 320 g/mol. The Bertz CT molecular complexity index is 731. The van der Waals surface area contributed by atoms with Crippen molar-refractivity contribution in [3.05, 3.63) is 59.7 Å². The van der Waals surface area contributed by atoms with Crippen LogP contribution in [0.2, 0.25) is 0 Å². The fraction of sp³-hybridized carbons (Fsp3) is 0.263. The van der Waals surface area contributed by atoms with Gasteiger partial charge in [0.2, 0.25) is 5.91 Å². The second-order valence-electron chi connectivity index (χ2n) is 5.48. The van der Waals surface area contributed by atoms with Crippen molar-refractivity contribution in [2.24, 2.45) is 0 Å². The van der Waals surface area contributed by atoms with E-state index in [2.05, 4.69) is 10.6 Å². The number of methoxy groups -OCH3 is 1. The predicted molar refractivity (Wildman–Crippen MR) is 94.5 cm³/mol. The fourth-order valence-electron chi connectivity index (χ4n) is 2.20. The second kappa shape index (κ2) is 9.32. The summed E-state index contributed by atoms with van der Waals surface area (Å²) in [5.74, 6) is 0.388. The zero-order valence-corrected chi connectivity index (χ0v) is 14.4. The van der Waals surface area contributed by atoms with Crippen LogP contribution in [-0.2, 0) is 16.1 Å². The van der Waals surface area contributed by atoms with E-state index in [-0.39, 0.29) is 25.0 Å². The van der Waals surface area contributed by atoms with Crippen LogP contribution in [0.15, 0.2) is 48.5 Å². The van der Waals surface area contributed by atoms with Gasteiger partial charge < -0.3 is 20.1 Å². The SMILES string of the molecule is COc1ccccc1OCC(=O)NCC(=O)NCc1cccc(C)c1. The largest absolute Gasteiger partial charge is 0.493 e. The van der Waals surface area contributed by atoms with Crippen molar-refractivity contribution in [2.75, 3.05) is 20.3 Å². The van der Waals surface area contributed by atoms with Crippen LogP contribution in [0.5, 0.6) is 11.5 Å². The Balaban J connectivity index is 1.69. The van der Waals surface area contributed by atoms with Gasteiger partial charge in [-0.1, -0.05) is 42.0 Å². The van der Waals surface area contributed by atoms with Crippen molar-refractivity contribution in [1.82, 2.24) is 10.6 Å². The van der Waals surface area contributed by atoms with E-state index in [9.17, 15) is 9.59 Å². The normalized spacial score (nSPS) is 10.0. The highest BCUT2D eigenvalue weighted by Crippen LogP contribution is 2.25. The molecule has 2 rings (SSSR count). The first kappa shape index (κ1) is 18.3. The third-order valence-corrected chi connectivity index (χ3v) is 3.45. The maximum atomic E-state index is 11.8. The summed E-state index contributed by atoms with van der Waals surface area (Å²) >= 11 is 0. The number of carbonyl (C=O) groups is 2. The van der Waals surface area contributed by atoms with Crippen LogP contribution in [0.4, 0.5) is 0 Å². The molecule has 0 saturated heterocycles. The number of benzene rings is 2. The number of hydrogen-bond donors (Lipinski definition) is 2. The Hall–Kier alpha value is -3.02. The van der Waals surface area contributed by atoms with E-state index in [1.54, 1.807) is 18.2 Å². The van der Waals surface area contributed by atoms with Crippen LogP contribution < -0.4 is 20.1 Å². The fourth-order valence-corrected chi connectivity index (χ4v) is 2.20. The highest BCUT2D eigenvalue weighted by molar-refractivity contribution is 5.85. The van der Waals surface area contributed by atoms with Gasteiger partial charge in [0.15, 0.2) is 18.1 Å². The molecule has 0 aromatic heterocycles. The summed E-state index contributed by atoms with van der Waals surface area (Å²) in [5, 5.41) is 5.28. The Labute approximate surface area is 147 Å². The quantitative estimate of drug-likeness (QED) is 0.767. The lowest BCUT2D eigenvalue weighted by atomic mass is 10.1. The van der Waals surface area contributed by atoms with E-state index >= 15 is 0 Å². The Kier molecular flexibility index (Phi) is 6.83. The number of hydrogen-bond acceptors (Lipinski definition) is 4. The minimum absolute atomic E-state index is 0.0973. The number of rotatable bonds is 8. The van der Waals surface area contributed by atoms with E-state index < -0.39 is 0 Å². The average molecular weight is 342 g/mol. The Morgan fingerprint density at radius 3 is 2.44 bits per heavy atom. The number of amides is 2. The molecule has 0 radical (unpaired) electrons. The topological polar surface area (TPSA) is 76.7 Å². The van der Waals surface area contributed by atoms with E-state index in [4.69, 9.17) is 9.47 Å². The lowest BCUT2D eigenvalue weighted by Crippen LogP contribution is -2.38. The van der Waals surface area contributed by atoms with Gasteiger partial charge in [-0.2, -0.15) is 0 Å². The molecule has 2 amide bonds. The maximum Gasteiger partial charge on any atom is 0.258 e. The molecule has 0 aliphatic heterocycles. The first-order valence-corrected chi connectivity index (χ1v) is 7.93. The van der Waals surface area contributed by atoms with Gasteiger partial charge in [-0.15, -0.1) is 0 Å². The summed E-state index contributed by atoms with van der Waals surface area (Å²) in [7, 11) is 1.53. The van der Waals surface area contributed by atoms with Gasteiger partial charge in [0, 0.05) is 6.54 Å².